The molecule has 0 saturated carbocycles. The summed E-state index contributed by atoms with van der Waals surface area (Å²) < 4.78 is 0. The molecular formula is C20H26N2OS. The lowest BCUT2D eigenvalue weighted by Gasteiger charge is -2.32. The van der Waals surface area contributed by atoms with E-state index in [4.69, 9.17) is 0 Å². The largest absolute Gasteiger partial charge is 0.348 e. The van der Waals surface area contributed by atoms with Gasteiger partial charge in [-0.1, -0.05) is 25.1 Å². The van der Waals surface area contributed by atoms with Gasteiger partial charge in [0.05, 0.1) is 0 Å². The maximum atomic E-state index is 12.4. The van der Waals surface area contributed by atoms with E-state index in [1.165, 1.54) is 17.7 Å². The zero-order valence-corrected chi connectivity index (χ0v) is 15.3. The molecule has 0 aliphatic carbocycles. The lowest BCUT2D eigenvalue weighted by atomic mass is 9.99. The highest BCUT2D eigenvalue weighted by Gasteiger charge is 2.18. The average molecular weight is 343 g/mol. The van der Waals surface area contributed by atoms with Crippen LogP contribution in [-0.4, -0.2) is 36.5 Å². The van der Waals surface area contributed by atoms with Gasteiger partial charge in [-0.25, -0.2) is 0 Å². The van der Waals surface area contributed by atoms with Crippen LogP contribution in [0.2, 0.25) is 0 Å². The van der Waals surface area contributed by atoms with Crippen molar-refractivity contribution in [2.45, 2.75) is 32.7 Å². The summed E-state index contributed by atoms with van der Waals surface area (Å²) in [5, 5.41) is 5.20. The second kappa shape index (κ2) is 7.95. The first-order valence-electron chi connectivity index (χ1n) is 8.79. The van der Waals surface area contributed by atoms with Crippen molar-refractivity contribution in [2.24, 2.45) is 5.92 Å². The maximum absolute atomic E-state index is 12.4. The fourth-order valence-electron chi connectivity index (χ4n) is 3.21. The van der Waals surface area contributed by atoms with E-state index < -0.39 is 0 Å². The summed E-state index contributed by atoms with van der Waals surface area (Å²) in [6.07, 6.45) is 2.54. The number of hydrogen-bond acceptors (Lipinski definition) is 3. The first kappa shape index (κ1) is 17.2. The van der Waals surface area contributed by atoms with Crippen LogP contribution in [0.3, 0.4) is 0 Å². The first-order valence-corrected chi connectivity index (χ1v) is 9.67. The molecule has 1 saturated heterocycles. The lowest BCUT2D eigenvalue weighted by Crippen LogP contribution is -2.44. The minimum Gasteiger partial charge on any atom is -0.348 e. The van der Waals surface area contributed by atoms with Crippen molar-refractivity contribution in [2.75, 3.05) is 19.6 Å². The van der Waals surface area contributed by atoms with Crippen molar-refractivity contribution < 1.29 is 4.79 Å². The number of benzene rings is 1. The number of piperidine rings is 1. The van der Waals surface area contributed by atoms with Crippen molar-refractivity contribution in [3.8, 4) is 10.4 Å². The molecule has 1 aromatic carbocycles. The highest BCUT2D eigenvalue weighted by molar-refractivity contribution is 7.13. The van der Waals surface area contributed by atoms with Crippen molar-refractivity contribution in [1.29, 1.82) is 0 Å². The van der Waals surface area contributed by atoms with Gasteiger partial charge in [-0.2, -0.15) is 0 Å². The third-order valence-corrected chi connectivity index (χ3v) is 5.66. The van der Waals surface area contributed by atoms with E-state index in [-0.39, 0.29) is 11.9 Å². The second-order valence-corrected chi connectivity index (χ2v) is 7.86. The highest BCUT2D eigenvalue weighted by atomic mass is 32.1. The Kier molecular flexibility index (Phi) is 5.69. The van der Waals surface area contributed by atoms with E-state index in [0.29, 0.717) is 0 Å². The van der Waals surface area contributed by atoms with Gasteiger partial charge >= 0.3 is 0 Å². The van der Waals surface area contributed by atoms with E-state index in [2.05, 4.69) is 35.5 Å². The fraction of sp³-hybridized carbons (Fsp3) is 0.450. The van der Waals surface area contributed by atoms with Crippen LogP contribution in [0.25, 0.3) is 10.4 Å². The summed E-state index contributed by atoms with van der Waals surface area (Å²) in [6, 6.07) is 12.2. The Morgan fingerprint density at radius 2 is 1.96 bits per heavy atom. The van der Waals surface area contributed by atoms with Gasteiger partial charge in [0.15, 0.2) is 0 Å². The van der Waals surface area contributed by atoms with Crippen LogP contribution < -0.4 is 5.32 Å². The zero-order chi connectivity index (χ0) is 16.9. The Morgan fingerprint density at radius 3 is 2.58 bits per heavy atom. The van der Waals surface area contributed by atoms with E-state index in [9.17, 15) is 4.79 Å². The molecule has 3 nitrogen and oxygen atoms in total. The molecule has 3 rings (SSSR count). The van der Waals surface area contributed by atoms with Crippen LogP contribution in [0.15, 0.2) is 41.8 Å². The summed E-state index contributed by atoms with van der Waals surface area (Å²) in [4.78, 5) is 16.1. The van der Waals surface area contributed by atoms with Crippen molar-refractivity contribution >= 4 is 17.2 Å². The summed E-state index contributed by atoms with van der Waals surface area (Å²) in [5.74, 6) is 0.860. The molecule has 24 heavy (non-hydrogen) atoms. The Morgan fingerprint density at radius 1 is 1.25 bits per heavy atom. The van der Waals surface area contributed by atoms with Gasteiger partial charge in [-0.15, -0.1) is 11.3 Å². The average Bonchev–Trinajstić information content (AvgIpc) is 3.11. The van der Waals surface area contributed by atoms with Crippen LogP contribution in [0.4, 0.5) is 0 Å². The van der Waals surface area contributed by atoms with Crippen LogP contribution in [0.5, 0.6) is 0 Å². The standard InChI is InChI=1S/C20H26N2OS/c1-15-9-11-22(12-10-15)14-16(2)21-20(23)18-7-5-17(6-8-18)19-4-3-13-24-19/h3-8,13,15-16H,9-12,14H2,1-2H3,(H,21,23)/t16-/m0/s1. The molecule has 0 bridgehead atoms. The summed E-state index contributed by atoms with van der Waals surface area (Å²) >= 11 is 1.71. The number of nitrogens with one attached hydrogen (secondary N) is 1. The SMILES string of the molecule is CC1CCN(C[C@H](C)NC(=O)c2ccc(-c3cccs3)cc2)CC1. The van der Waals surface area contributed by atoms with Gasteiger partial charge in [0.2, 0.25) is 0 Å². The minimum absolute atomic E-state index is 0.0191. The number of carbonyl (C=O) groups is 1. The Labute approximate surface area is 148 Å². The van der Waals surface area contributed by atoms with Crippen LogP contribution in [-0.2, 0) is 0 Å². The second-order valence-electron chi connectivity index (χ2n) is 6.91. The molecule has 4 heteroatoms. The highest BCUT2D eigenvalue weighted by Crippen LogP contribution is 2.24. The lowest BCUT2D eigenvalue weighted by molar-refractivity contribution is 0.0921. The van der Waals surface area contributed by atoms with E-state index in [1.54, 1.807) is 11.3 Å². The van der Waals surface area contributed by atoms with Gasteiger partial charge in [0.1, 0.15) is 0 Å². The Balaban J connectivity index is 1.52. The molecular weight excluding hydrogens is 316 g/mol. The van der Waals surface area contributed by atoms with Gasteiger partial charge in [-0.05, 0) is 67.9 Å². The number of carbonyl (C=O) groups excluding carboxylic acids is 1. The number of amides is 1. The number of likely N-dealkylation sites (tertiary alicyclic amines) is 1. The van der Waals surface area contributed by atoms with E-state index in [0.717, 1.165) is 36.7 Å². The maximum Gasteiger partial charge on any atom is 0.251 e. The number of hydrogen-bond donors (Lipinski definition) is 1. The predicted molar refractivity (Wildman–Crippen MR) is 102 cm³/mol. The van der Waals surface area contributed by atoms with Crippen molar-refractivity contribution in [3.05, 3.63) is 47.3 Å². The topological polar surface area (TPSA) is 32.3 Å². The monoisotopic (exact) mass is 342 g/mol. The van der Waals surface area contributed by atoms with Crippen LogP contribution in [0, 0.1) is 5.92 Å². The third-order valence-electron chi connectivity index (χ3n) is 4.74. The van der Waals surface area contributed by atoms with Crippen molar-refractivity contribution in [3.63, 3.8) is 0 Å². The molecule has 0 unspecified atom stereocenters. The third kappa shape index (κ3) is 4.46. The molecule has 1 fully saturated rings. The summed E-state index contributed by atoms with van der Waals surface area (Å²) in [5.41, 5.74) is 1.89. The number of thiophene rings is 1. The van der Waals surface area contributed by atoms with E-state index in [1.807, 2.05) is 30.3 Å². The van der Waals surface area contributed by atoms with Crippen LogP contribution >= 0.6 is 11.3 Å². The number of nitrogens with zero attached hydrogens (tertiary/aromatic N) is 1. The first-order chi connectivity index (χ1) is 11.6. The van der Waals surface area contributed by atoms with Crippen molar-refractivity contribution in [1.82, 2.24) is 10.2 Å². The quantitative estimate of drug-likeness (QED) is 0.880. The predicted octanol–water partition coefficient (Wildman–Crippen LogP) is 4.27. The Hall–Kier alpha value is -1.65. The zero-order valence-electron chi connectivity index (χ0n) is 14.5. The molecule has 128 valence electrons. The van der Waals surface area contributed by atoms with Crippen LogP contribution in [0.1, 0.15) is 37.0 Å². The molecule has 1 amide bonds. The van der Waals surface area contributed by atoms with Gasteiger partial charge in [0, 0.05) is 23.0 Å². The minimum atomic E-state index is 0.0191. The molecule has 2 heterocycles. The van der Waals surface area contributed by atoms with Gasteiger partial charge < -0.3 is 10.2 Å². The smallest absolute Gasteiger partial charge is 0.251 e. The van der Waals surface area contributed by atoms with Gasteiger partial charge in [0.25, 0.3) is 5.91 Å². The fourth-order valence-corrected chi connectivity index (χ4v) is 3.95. The van der Waals surface area contributed by atoms with E-state index >= 15 is 0 Å². The molecule has 1 aliphatic heterocycles. The number of rotatable bonds is 5. The summed E-state index contributed by atoms with van der Waals surface area (Å²) in [6.45, 7) is 7.65. The molecule has 0 radical (unpaired) electrons. The normalized spacial score (nSPS) is 17.6. The van der Waals surface area contributed by atoms with Gasteiger partial charge in [-0.3, -0.25) is 4.79 Å². The molecule has 2 aromatic rings. The molecule has 1 aromatic heterocycles. The Bertz CT molecular complexity index is 643. The molecule has 1 aliphatic rings. The summed E-state index contributed by atoms with van der Waals surface area (Å²) in [7, 11) is 0. The molecule has 0 spiro atoms. The molecule has 1 atom stereocenters. The molecule has 1 N–H and O–H groups in total.